The lowest BCUT2D eigenvalue weighted by atomic mass is 9.95. The van der Waals surface area contributed by atoms with Crippen LogP contribution in [0.2, 0.25) is 5.02 Å². The van der Waals surface area contributed by atoms with Gasteiger partial charge in [0.2, 0.25) is 5.91 Å². The topological polar surface area (TPSA) is 41.1 Å². The quantitative estimate of drug-likeness (QED) is 0.894. The molecule has 2 aliphatic rings. The summed E-state index contributed by atoms with van der Waals surface area (Å²) in [6, 6.07) is 4.51. The molecule has 1 amide bonds. The highest BCUT2D eigenvalue weighted by molar-refractivity contribution is 6.31. The zero-order valence-corrected chi connectivity index (χ0v) is 12.5. The van der Waals surface area contributed by atoms with Gasteiger partial charge in [-0.25, -0.2) is 4.39 Å². The zero-order chi connectivity index (χ0) is 13.5. The maximum Gasteiger partial charge on any atom is 0.225 e. The summed E-state index contributed by atoms with van der Waals surface area (Å²) in [6.07, 6.45) is 1.98. The van der Waals surface area contributed by atoms with Crippen LogP contribution in [-0.2, 0) is 10.2 Å². The van der Waals surface area contributed by atoms with Crippen molar-refractivity contribution < 1.29 is 9.18 Å². The van der Waals surface area contributed by atoms with Crippen LogP contribution in [0.3, 0.4) is 0 Å². The SMILES string of the molecule is Cl.O=C(NCC1(c2ccc(F)cc2Cl)CC1)C1CNC1. The minimum Gasteiger partial charge on any atom is -0.355 e. The van der Waals surface area contributed by atoms with Gasteiger partial charge in [0.15, 0.2) is 0 Å². The summed E-state index contributed by atoms with van der Waals surface area (Å²) in [4.78, 5) is 11.8. The third-order valence-corrected chi connectivity index (χ3v) is 4.42. The average molecular weight is 319 g/mol. The summed E-state index contributed by atoms with van der Waals surface area (Å²) >= 11 is 6.11. The van der Waals surface area contributed by atoms with E-state index < -0.39 is 0 Å². The average Bonchev–Trinajstić information content (AvgIpc) is 3.05. The Morgan fingerprint density at radius 1 is 1.45 bits per heavy atom. The van der Waals surface area contributed by atoms with Crippen LogP contribution in [0.4, 0.5) is 4.39 Å². The van der Waals surface area contributed by atoms with Crippen molar-refractivity contribution in [3.8, 4) is 0 Å². The van der Waals surface area contributed by atoms with Gasteiger partial charge in [-0.2, -0.15) is 0 Å². The van der Waals surface area contributed by atoms with Crippen LogP contribution in [-0.4, -0.2) is 25.5 Å². The number of hydrogen-bond donors (Lipinski definition) is 2. The Balaban J connectivity index is 0.00000147. The van der Waals surface area contributed by atoms with Gasteiger partial charge in [-0.1, -0.05) is 17.7 Å². The Morgan fingerprint density at radius 2 is 2.15 bits per heavy atom. The first-order valence-corrected chi connectivity index (χ1v) is 6.92. The molecule has 1 saturated carbocycles. The van der Waals surface area contributed by atoms with Crippen molar-refractivity contribution in [3.05, 3.63) is 34.6 Å². The lowest BCUT2D eigenvalue weighted by Gasteiger charge is -2.27. The fourth-order valence-electron chi connectivity index (χ4n) is 2.49. The van der Waals surface area contributed by atoms with E-state index in [2.05, 4.69) is 10.6 Å². The Bertz CT molecular complexity index is 516. The molecular formula is C14H17Cl2FN2O. The lowest BCUT2D eigenvalue weighted by molar-refractivity contribution is -0.126. The second kappa shape index (κ2) is 5.88. The fourth-order valence-corrected chi connectivity index (χ4v) is 2.85. The van der Waals surface area contributed by atoms with E-state index in [9.17, 15) is 9.18 Å². The van der Waals surface area contributed by atoms with Crippen LogP contribution in [0.25, 0.3) is 0 Å². The maximum absolute atomic E-state index is 13.1. The summed E-state index contributed by atoms with van der Waals surface area (Å²) in [5.41, 5.74) is 0.861. The smallest absolute Gasteiger partial charge is 0.225 e. The minimum atomic E-state index is -0.325. The number of hydrogen-bond acceptors (Lipinski definition) is 2. The summed E-state index contributed by atoms with van der Waals surface area (Å²) in [6.45, 7) is 2.11. The summed E-state index contributed by atoms with van der Waals surface area (Å²) in [5, 5.41) is 6.53. The summed E-state index contributed by atoms with van der Waals surface area (Å²) in [7, 11) is 0. The van der Waals surface area contributed by atoms with E-state index in [0.29, 0.717) is 11.6 Å². The fraction of sp³-hybridized carbons (Fsp3) is 0.500. The van der Waals surface area contributed by atoms with Crippen molar-refractivity contribution in [2.24, 2.45) is 5.92 Å². The number of amides is 1. The summed E-state index contributed by atoms with van der Waals surface area (Å²) in [5.74, 6) is -0.128. The molecule has 3 nitrogen and oxygen atoms in total. The third kappa shape index (κ3) is 2.92. The van der Waals surface area contributed by atoms with Crippen molar-refractivity contribution in [1.29, 1.82) is 0 Å². The molecule has 3 rings (SSSR count). The molecule has 0 unspecified atom stereocenters. The Morgan fingerprint density at radius 3 is 2.65 bits per heavy atom. The third-order valence-electron chi connectivity index (χ3n) is 4.11. The van der Waals surface area contributed by atoms with Crippen LogP contribution in [0, 0.1) is 11.7 Å². The van der Waals surface area contributed by atoms with Gasteiger partial charge in [0.05, 0.1) is 5.92 Å². The van der Waals surface area contributed by atoms with Gasteiger partial charge >= 0.3 is 0 Å². The number of nitrogens with one attached hydrogen (secondary N) is 2. The van der Waals surface area contributed by atoms with Crippen molar-refractivity contribution in [1.82, 2.24) is 10.6 Å². The molecule has 1 saturated heterocycles. The van der Waals surface area contributed by atoms with Crippen molar-refractivity contribution in [3.63, 3.8) is 0 Å². The van der Waals surface area contributed by atoms with Crippen molar-refractivity contribution in [2.75, 3.05) is 19.6 Å². The summed E-state index contributed by atoms with van der Waals surface area (Å²) < 4.78 is 13.1. The van der Waals surface area contributed by atoms with Gasteiger partial charge in [-0.3, -0.25) is 4.79 Å². The molecule has 20 heavy (non-hydrogen) atoms. The second-order valence-electron chi connectivity index (χ2n) is 5.48. The number of benzene rings is 1. The van der Waals surface area contributed by atoms with Crippen LogP contribution in [0.15, 0.2) is 18.2 Å². The number of rotatable bonds is 4. The zero-order valence-electron chi connectivity index (χ0n) is 10.9. The van der Waals surface area contributed by atoms with E-state index in [4.69, 9.17) is 11.6 Å². The van der Waals surface area contributed by atoms with E-state index >= 15 is 0 Å². The molecule has 2 fully saturated rings. The standard InChI is InChI=1S/C14H16ClFN2O.ClH/c15-12-5-10(16)1-2-11(12)14(3-4-14)8-18-13(19)9-6-17-7-9;/h1-2,5,9,17H,3-4,6-8H2,(H,18,19);1H. The van der Waals surface area contributed by atoms with Gasteiger partial charge in [-0.15, -0.1) is 12.4 Å². The molecule has 1 heterocycles. The van der Waals surface area contributed by atoms with Crippen molar-refractivity contribution in [2.45, 2.75) is 18.3 Å². The molecule has 0 radical (unpaired) electrons. The normalized spacial score (nSPS) is 19.7. The van der Waals surface area contributed by atoms with Gasteiger partial charge in [0.25, 0.3) is 0 Å². The van der Waals surface area contributed by atoms with Crippen LogP contribution in [0.5, 0.6) is 0 Å². The first kappa shape index (κ1) is 15.5. The van der Waals surface area contributed by atoms with Gasteiger partial charge in [0.1, 0.15) is 5.82 Å². The Hall–Kier alpha value is -0.840. The number of carbonyl (C=O) groups excluding carboxylic acids is 1. The minimum absolute atomic E-state index is 0. The maximum atomic E-state index is 13.1. The van der Waals surface area contributed by atoms with Gasteiger partial charge in [-0.05, 0) is 30.5 Å². The number of carbonyl (C=O) groups is 1. The molecule has 110 valence electrons. The molecule has 1 aliphatic heterocycles. The molecule has 0 spiro atoms. The van der Waals surface area contributed by atoms with E-state index in [1.54, 1.807) is 6.07 Å². The van der Waals surface area contributed by atoms with E-state index in [1.165, 1.54) is 12.1 Å². The van der Waals surface area contributed by atoms with Crippen LogP contribution in [0.1, 0.15) is 18.4 Å². The predicted molar refractivity (Wildman–Crippen MR) is 78.9 cm³/mol. The lowest BCUT2D eigenvalue weighted by Crippen LogP contribution is -2.51. The molecule has 0 bridgehead atoms. The molecule has 1 aromatic rings. The Labute approximate surface area is 128 Å². The molecule has 1 aliphatic carbocycles. The molecule has 2 N–H and O–H groups in total. The highest BCUT2D eigenvalue weighted by Gasteiger charge is 2.46. The van der Waals surface area contributed by atoms with Crippen LogP contribution < -0.4 is 10.6 Å². The van der Waals surface area contributed by atoms with E-state index in [-0.39, 0.29) is 35.5 Å². The van der Waals surface area contributed by atoms with Gasteiger partial charge < -0.3 is 10.6 Å². The molecule has 0 aromatic heterocycles. The highest BCUT2D eigenvalue weighted by atomic mass is 35.5. The van der Waals surface area contributed by atoms with Gasteiger partial charge in [0, 0.05) is 30.1 Å². The predicted octanol–water partition coefficient (Wildman–Crippen LogP) is 2.27. The van der Waals surface area contributed by atoms with Crippen molar-refractivity contribution >= 4 is 29.9 Å². The molecule has 1 aromatic carbocycles. The Kier molecular flexibility index (Phi) is 4.57. The van der Waals surface area contributed by atoms with E-state index in [1.807, 2.05) is 0 Å². The number of halogens is 3. The van der Waals surface area contributed by atoms with Crippen LogP contribution >= 0.6 is 24.0 Å². The molecule has 6 heteroatoms. The first-order chi connectivity index (χ1) is 9.11. The highest BCUT2D eigenvalue weighted by Crippen LogP contribution is 2.50. The largest absolute Gasteiger partial charge is 0.355 e. The second-order valence-corrected chi connectivity index (χ2v) is 5.88. The molecule has 0 atom stereocenters. The van der Waals surface area contributed by atoms with E-state index in [0.717, 1.165) is 31.5 Å². The monoisotopic (exact) mass is 318 g/mol. The molecular weight excluding hydrogens is 302 g/mol. The first-order valence-electron chi connectivity index (χ1n) is 6.55.